The zero-order chi connectivity index (χ0) is 7.66. The summed E-state index contributed by atoms with van der Waals surface area (Å²) in [5, 5.41) is 0. The Kier molecular flexibility index (Phi) is 7.77. The van der Waals surface area contributed by atoms with E-state index < -0.39 is 0 Å². The monoisotopic (exact) mass is 154 g/mol. The highest BCUT2D eigenvalue weighted by atomic mass is 35.5. The van der Waals surface area contributed by atoms with Gasteiger partial charge < -0.3 is 0 Å². The van der Waals surface area contributed by atoms with Gasteiger partial charge in [0, 0.05) is 12.3 Å². The van der Waals surface area contributed by atoms with E-state index in [1.165, 1.54) is 0 Å². The first-order valence-electron chi connectivity index (χ1n) is 3.23. The van der Waals surface area contributed by atoms with Crippen molar-refractivity contribution in [2.45, 2.75) is 12.8 Å². The summed E-state index contributed by atoms with van der Waals surface area (Å²) in [5.74, 6) is 6.51. The van der Waals surface area contributed by atoms with Crippen molar-refractivity contribution < 1.29 is 0 Å². The second-order valence-corrected chi connectivity index (χ2v) is 2.09. The van der Waals surface area contributed by atoms with Gasteiger partial charge in [0.2, 0.25) is 0 Å². The van der Waals surface area contributed by atoms with Crippen molar-refractivity contribution in [1.82, 2.24) is 0 Å². The Hall–Kier alpha value is -0.670. The predicted octanol–water partition coefficient (Wildman–Crippen LogP) is 2.75. The molecule has 0 fully saturated rings. The van der Waals surface area contributed by atoms with Crippen LogP contribution in [0, 0.1) is 11.8 Å². The van der Waals surface area contributed by atoms with Gasteiger partial charge in [-0.3, -0.25) is 0 Å². The van der Waals surface area contributed by atoms with Crippen molar-refractivity contribution in [2.75, 3.05) is 5.88 Å². The normalized spacial score (nSPS) is 8.90. The summed E-state index contributed by atoms with van der Waals surface area (Å²) in [6, 6.07) is 0. The van der Waals surface area contributed by atoms with E-state index in [0.717, 1.165) is 12.8 Å². The van der Waals surface area contributed by atoms with Crippen LogP contribution in [0.3, 0.4) is 0 Å². The van der Waals surface area contributed by atoms with Crippen molar-refractivity contribution >= 4 is 11.6 Å². The fourth-order valence-corrected chi connectivity index (χ4v) is 0.536. The molecule has 0 aliphatic carbocycles. The number of unbranched alkanes of at least 4 members (excludes halogenated alkanes) is 1. The Morgan fingerprint density at radius 2 is 2.30 bits per heavy atom. The van der Waals surface area contributed by atoms with Crippen molar-refractivity contribution in [3.63, 3.8) is 0 Å². The third-order valence-electron chi connectivity index (χ3n) is 0.853. The SMILES string of the molecule is C=C/C=C/C#CCCCCl. The molecule has 0 saturated carbocycles. The topological polar surface area (TPSA) is 0 Å². The summed E-state index contributed by atoms with van der Waals surface area (Å²) >= 11 is 5.44. The van der Waals surface area contributed by atoms with Crippen LogP contribution < -0.4 is 0 Å². The Morgan fingerprint density at radius 1 is 1.50 bits per heavy atom. The lowest BCUT2D eigenvalue weighted by molar-refractivity contribution is 0.992. The molecule has 0 saturated heterocycles. The zero-order valence-corrected chi connectivity index (χ0v) is 6.69. The van der Waals surface area contributed by atoms with Gasteiger partial charge in [-0.05, 0) is 12.5 Å². The Bertz CT molecular complexity index is 157. The number of allylic oxidation sites excluding steroid dienone is 3. The first-order valence-corrected chi connectivity index (χ1v) is 3.77. The summed E-state index contributed by atoms with van der Waals surface area (Å²) in [7, 11) is 0. The Labute approximate surface area is 67.6 Å². The highest BCUT2D eigenvalue weighted by molar-refractivity contribution is 6.17. The smallest absolute Gasteiger partial charge is 0.0232 e. The molecule has 10 heavy (non-hydrogen) atoms. The molecule has 0 N–H and O–H groups in total. The van der Waals surface area contributed by atoms with E-state index in [0.29, 0.717) is 5.88 Å². The Balaban J connectivity index is 3.30. The first-order chi connectivity index (χ1) is 4.91. The molecular formula is C9H11Cl. The van der Waals surface area contributed by atoms with Crippen LogP contribution in [0.1, 0.15) is 12.8 Å². The number of rotatable bonds is 3. The van der Waals surface area contributed by atoms with E-state index in [9.17, 15) is 0 Å². The lowest BCUT2D eigenvalue weighted by atomic mass is 10.3. The Morgan fingerprint density at radius 3 is 2.90 bits per heavy atom. The van der Waals surface area contributed by atoms with E-state index >= 15 is 0 Å². The van der Waals surface area contributed by atoms with Crippen molar-refractivity contribution in [3.05, 3.63) is 24.8 Å². The molecule has 0 bridgehead atoms. The third kappa shape index (κ3) is 7.33. The second kappa shape index (κ2) is 8.33. The van der Waals surface area contributed by atoms with Crippen LogP contribution in [0.4, 0.5) is 0 Å². The summed E-state index contributed by atoms with van der Waals surface area (Å²) < 4.78 is 0. The largest absolute Gasteiger partial charge is 0.127 e. The number of hydrogen-bond acceptors (Lipinski definition) is 0. The van der Waals surface area contributed by atoms with E-state index in [1.54, 1.807) is 12.2 Å². The molecule has 0 aromatic carbocycles. The summed E-state index contributed by atoms with van der Waals surface area (Å²) in [4.78, 5) is 0. The van der Waals surface area contributed by atoms with Crippen LogP contribution in [0.2, 0.25) is 0 Å². The maximum atomic E-state index is 5.44. The van der Waals surface area contributed by atoms with Gasteiger partial charge in [-0.2, -0.15) is 0 Å². The molecule has 0 aliphatic rings. The lowest BCUT2D eigenvalue weighted by Crippen LogP contribution is -1.69. The van der Waals surface area contributed by atoms with Gasteiger partial charge in [0.25, 0.3) is 0 Å². The standard InChI is InChI=1S/C9H11Cl/c1-2-3-4-5-6-7-8-9-10/h2-4H,1,7-9H2/b4-3+. The average molecular weight is 155 g/mol. The number of hydrogen-bond donors (Lipinski definition) is 0. The average Bonchev–Trinajstić information content (AvgIpc) is 1.97. The molecular weight excluding hydrogens is 144 g/mol. The molecule has 0 aliphatic heterocycles. The molecule has 0 aromatic heterocycles. The number of halogens is 1. The first kappa shape index (κ1) is 9.33. The van der Waals surface area contributed by atoms with E-state index in [-0.39, 0.29) is 0 Å². The minimum Gasteiger partial charge on any atom is -0.127 e. The molecule has 0 atom stereocenters. The van der Waals surface area contributed by atoms with Gasteiger partial charge in [-0.25, -0.2) is 0 Å². The van der Waals surface area contributed by atoms with Gasteiger partial charge in [-0.15, -0.1) is 11.6 Å². The number of alkyl halides is 1. The van der Waals surface area contributed by atoms with Crippen LogP contribution >= 0.6 is 11.6 Å². The quantitative estimate of drug-likeness (QED) is 0.254. The maximum absolute atomic E-state index is 5.44. The van der Waals surface area contributed by atoms with Crippen LogP contribution in [-0.2, 0) is 0 Å². The fraction of sp³-hybridized carbons (Fsp3) is 0.333. The van der Waals surface area contributed by atoms with Crippen LogP contribution in [0.15, 0.2) is 24.8 Å². The summed E-state index contributed by atoms with van der Waals surface area (Å²) in [5.41, 5.74) is 0. The predicted molar refractivity (Wildman–Crippen MR) is 47.1 cm³/mol. The van der Waals surface area contributed by atoms with Gasteiger partial charge >= 0.3 is 0 Å². The molecule has 0 amide bonds. The van der Waals surface area contributed by atoms with Crippen molar-refractivity contribution in [1.29, 1.82) is 0 Å². The molecule has 0 spiro atoms. The lowest BCUT2D eigenvalue weighted by Gasteiger charge is -1.79. The van der Waals surface area contributed by atoms with Crippen LogP contribution in [0.25, 0.3) is 0 Å². The van der Waals surface area contributed by atoms with Crippen molar-refractivity contribution in [2.24, 2.45) is 0 Å². The molecule has 0 aromatic rings. The van der Waals surface area contributed by atoms with E-state index in [1.807, 2.05) is 6.08 Å². The minimum atomic E-state index is 0.694. The van der Waals surface area contributed by atoms with Gasteiger partial charge in [-0.1, -0.05) is 30.6 Å². The van der Waals surface area contributed by atoms with E-state index in [4.69, 9.17) is 11.6 Å². The molecule has 54 valence electrons. The van der Waals surface area contributed by atoms with Crippen LogP contribution in [-0.4, -0.2) is 5.88 Å². The molecule has 0 rings (SSSR count). The fourth-order valence-electron chi connectivity index (χ4n) is 0.402. The zero-order valence-electron chi connectivity index (χ0n) is 5.94. The van der Waals surface area contributed by atoms with Crippen LogP contribution in [0.5, 0.6) is 0 Å². The van der Waals surface area contributed by atoms with Gasteiger partial charge in [0.05, 0.1) is 0 Å². The third-order valence-corrected chi connectivity index (χ3v) is 1.12. The molecule has 0 heterocycles. The van der Waals surface area contributed by atoms with Crippen molar-refractivity contribution in [3.8, 4) is 11.8 Å². The van der Waals surface area contributed by atoms with Gasteiger partial charge in [0.1, 0.15) is 0 Å². The van der Waals surface area contributed by atoms with E-state index in [2.05, 4.69) is 18.4 Å². The maximum Gasteiger partial charge on any atom is 0.0232 e. The summed E-state index contributed by atoms with van der Waals surface area (Å²) in [6.45, 7) is 3.52. The summed E-state index contributed by atoms with van der Waals surface area (Å²) in [6.07, 6.45) is 7.15. The minimum absolute atomic E-state index is 0.694. The van der Waals surface area contributed by atoms with Gasteiger partial charge in [0.15, 0.2) is 0 Å². The highest BCUT2D eigenvalue weighted by Gasteiger charge is 1.75. The second-order valence-electron chi connectivity index (χ2n) is 1.71. The molecule has 0 nitrogen and oxygen atoms in total. The molecule has 0 radical (unpaired) electrons. The molecule has 1 heteroatoms. The molecule has 0 unspecified atom stereocenters. The highest BCUT2D eigenvalue weighted by Crippen LogP contribution is 1.88.